The lowest BCUT2D eigenvalue weighted by atomic mass is 9.73. The Hall–Kier alpha value is -3.12. The highest BCUT2D eigenvalue weighted by molar-refractivity contribution is 5.67. The molecule has 6 rings (SSSR count). The second kappa shape index (κ2) is 7.73. The zero-order chi connectivity index (χ0) is 22.6. The predicted molar refractivity (Wildman–Crippen MR) is 132 cm³/mol. The zero-order valence-electron chi connectivity index (χ0n) is 19.2. The first-order valence-electron chi connectivity index (χ1n) is 12.1. The SMILES string of the molecule is Cn1c(N2CCC3(CC2)Cc2ccccc2[C@H]3N)ncc(N2CCCc3ccccc32)c1=O. The molecule has 1 atom stereocenters. The molecule has 1 fully saturated rings. The number of piperidine rings is 1. The van der Waals surface area contributed by atoms with E-state index in [0.717, 1.165) is 63.4 Å². The Bertz CT molecular complexity index is 1260. The molecule has 0 unspecified atom stereocenters. The van der Waals surface area contributed by atoms with Gasteiger partial charge in [-0.25, -0.2) is 4.98 Å². The van der Waals surface area contributed by atoms with Crippen molar-refractivity contribution < 1.29 is 0 Å². The van der Waals surface area contributed by atoms with Crippen LogP contribution < -0.4 is 21.1 Å². The van der Waals surface area contributed by atoms with E-state index in [1.165, 1.54) is 16.7 Å². The van der Waals surface area contributed by atoms with Crippen molar-refractivity contribution in [1.29, 1.82) is 0 Å². The number of hydrogen-bond donors (Lipinski definition) is 1. The number of nitrogens with two attached hydrogens (primary N) is 1. The summed E-state index contributed by atoms with van der Waals surface area (Å²) < 4.78 is 1.73. The summed E-state index contributed by atoms with van der Waals surface area (Å²) in [5.41, 5.74) is 12.7. The van der Waals surface area contributed by atoms with Gasteiger partial charge in [-0.3, -0.25) is 9.36 Å². The number of aryl methyl sites for hydroxylation is 1. The fraction of sp³-hybridized carbons (Fsp3) is 0.407. The number of benzene rings is 2. The van der Waals surface area contributed by atoms with Gasteiger partial charge in [0.25, 0.3) is 5.56 Å². The van der Waals surface area contributed by atoms with Gasteiger partial charge in [0.15, 0.2) is 0 Å². The Morgan fingerprint density at radius 3 is 2.48 bits per heavy atom. The average molecular weight is 442 g/mol. The number of hydrogen-bond acceptors (Lipinski definition) is 5. The van der Waals surface area contributed by atoms with Crippen LogP contribution in [-0.2, 0) is 19.9 Å². The van der Waals surface area contributed by atoms with Gasteiger partial charge < -0.3 is 15.5 Å². The Kier molecular flexibility index (Phi) is 4.80. The van der Waals surface area contributed by atoms with E-state index in [-0.39, 0.29) is 17.0 Å². The van der Waals surface area contributed by atoms with Crippen molar-refractivity contribution in [1.82, 2.24) is 9.55 Å². The molecular formula is C27H31N5O. The molecule has 2 N–H and O–H groups in total. The molecule has 2 aliphatic heterocycles. The minimum Gasteiger partial charge on any atom is -0.342 e. The van der Waals surface area contributed by atoms with E-state index in [2.05, 4.69) is 52.3 Å². The number of rotatable bonds is 2. The minimum absolute atomic E-state index is 0.0157. The lowest BCUT2D eigenvalue weighted by Gasteiger charge is -2.42. The van der Waals surface area contributed by atoms with Crippen LogP contribution in [0.25, 0.3) is 0 Å². The number of nitrogens with zero attached hydrogens (tertiary/aromatic N) is 4. The first-order valence-corrected chi connectivity index (χ1v) is 12.1. The van der Waals surface area contributed by atoms with Crippen LogP contribution in [0.5, 0.6) is 0 Å². The molecule has 0 amide bonds. The summed E-state index contributed by atoms with van der Waals surface area (Å²) in [6.07, 6.45) is 6.96. The first-order chi connectivity index (χ1) is 16.1. The Labute approximate surface area is 194 Å². The highest BCUT2D eigenvalue weighted by atomic mass is 16.1. The van der Waals surface area contributed by atoms with Gasteiger partial charge in [0.1, 0.15) is 5.69 Å². The number of fused-ring (bicyclic) bond motifs is 2. The molecule has 2 aromatic carbocycles. The molecule has 1 aliphatic carbocycles. The van der Waals surface area contributed by atoms with Gasteiger partial charge in [-0.15, -0.1) is 0 Å². The number of aromatic nitrogens is 2. The summed E-state index contributed by atoms with van der Waals surface area (Å²) in [6, 6.07) is 17.1. The molecule has 3 aliphatic rings. The van der Waals surface area contributed by atoms with E-state index in [9.17, 15) is 4.79 Å². The fourth-order valence-corrected chi connectivity index (χ4v) is 6.24. The third-order valence-electron chi connectivity index (χ3n) is 8.16. The second-order valence-corrected chi connectivity index (χ2v) is 9.89. The molecule has 3 heterocycles. The lowest BCUT2D eigenvalue weighted by molar-refractivity contribution is 0.186. The maximum Gasteiger partial charge on any atom is 0.278 e. The van der Waals surface area contributed by atoms with Crippen molar-refractivity contribution in [3.8, 4) is 0 Å². The summed E-state index contributed by atoms with van der Waals surface area (Å²) in [5.74, 6) is 0.757. The summed E-state index contributed by atoms with van der Waals surface area (Å²) in [6.45, 7) is 2.58. The monoisotopic (exact) mass is 441 g/mol. The van der Waals surface area contributed by atoms with Crippen molar-refractivity contribution in [2.75, 3.05) is 29.4 Å². The van der Waals surface area contributed by atoms with Crippen LogP contribution in [0.1, 0.15) is 42.0 Å². The fourth-order valence-electron chi connectivity index (χ4n) is 6.24. The third-order valence-corrected chi connectivity index (χ3v) is 8.16. The highest BCUT2D eigenvalue weighted by Gasteiger charge is 2.46. The van der Waals surface area contributed by atoms with Crippen molar-refractivity contribution in [2.45, 2.75) is 38.1 Å². The quantitative estimate of drug-likeness (QED) is 0.657. The Balaban J connectivity index is 1.25. The maximum atomic E-state index is 13.4. The van der Waals surface area contributed by atoms with Gasteiger partial charge in [0, 0.05) is 38.4 Å². The van der Waals surface area contributed by atoms with Gasteiger partial charge in [-0.05, 0) is 60.3 Å². The Morgan fingerprint density at radius 1 is 0.970 bits per heavy atom. The molecule has 0 bridgehead atoms. The Morgan fingerprint density at radius 2 is 1.70 bits per heavy atom. The number of para-hydroxylation sites is 1. The van der Waals surface area contributed by atoms with Crippen LogP contribution in [0.4, 0.5) is 17.3 Å². The van der Waals surface area contributed by atoms with Gasteiger partial charge in [0.05, 0.1) is 6.20 Å². The average Bonchev–Trinajstić information content (AvgIpc) is 3.12. The van der Waals surface area contributed by atoms with Crippen molar-refractivity contribution in [3.05, 3.63) is 81.8 Å². The molecule has 0 saturated carbocycles. The van der Waals surface area contributed by atoms with E-state index in [1.54, 1.807) is 10.8 Å². The third kappa shape index (κ3) is 3.19. The van der Waals surface area contributed by atoms with Crippen molar-refractivity contribution in [2.24, 2.45) is 18.2 Å². The second-order valence-electron chi connectivity index (χ2n) is 9.89. The molecule has 6 heteroatoms. The lowest BCUT2D eigenvalue weighted by Crippen LogP contribution is -2.46. The van der Waals surface area contributed by atoms with Crippen LogP contribution in [0, 0.1) is 5.41 Å². The molecule has 1 aromatic heterocycles. The standard InChI is InChI=1S/C27H31N5O/c1-30-25(33)23(32-14-6-9-19-7-3-5-11-22(19)32)18-29-26(30)31-15-12-27(13-16-31)17-20-8-2-4-10-21(20)24(27)28/h2-5,7-8,10-11,18,24H,6,9,12-17,28H2,1H3/t24-/m1/s1. The van der Waals surface area contributed by atoms with E-state index in [4.69, 9.17) is 10.7 Å². The van der Waals surface area contributed by atoms with E-state index in [0.29, 0.717) is 5.69 Å². The molecular weight excluding hydrogens is 410 g/mol. The van der Waals surface area contributed by atoms with Crippen LogP contribution >= 0.6 is 0 Å². The van der Waals surface area contributed by atoms with Gasteiger partial charge in [-0.2, -0.15) is 0 Å². The maximum absolute atomic E-state index is 13.4. The largest absolute Gasteiger partial charge is 0.342 e. The number of anilines is 3. The molecule has 3 aromatic rings. The van der Waals surface area contributed by atoms with Crippen molar-refractivity contribution >= 4 is 17.3 Å². The van der Waals surface area contributed by atoms with E-state index >= 15 is 0 Å². The van der Waals surface area contributed by atoms with Crippen LogP contribution in [0.2, 0.25) is 0 Å². The van der Waals surface area contributed by atoms with Crippen molar-refractivity contribution in [3.63, 3.8) is 0 Å². The molecule has 33 heavy (non-hydrogen) atoms. The van der Waals surface area contributed by atoms with Gasteiger partial charge in [-0.1, -0.05) is 42.5 Å². The molecule has 1 spiro atoms. The topological polar surface area (TPSA) is 67.4 Å². The molecule has 0 radical (unpaired) electrons. The first kappa shape index (κ1) is 20.5. The summed E-state index contributed by atoms with van der Waals surface area (Å²) in [4.78, 5) is 22.6. The summed E-state index contributed by atoms with van der Waals surface area (Å²) in [7, 11) is 1.85. The molecule has 6 nitrogen and oxygen atoms in total. The minimum atomic E-state index is 0.0157. The highest BCUT2D eigenvalue weighted by Crippen LogP contribution is 2.50. The summed E-state index contributed by atoms with van der Waals surface area (Å²) >= 11 is 0. The molecule has 170 valence electrons. The van der Waals surface area contributed by atoms with E-state index in [1.807, 2.05) is 13.1 Å². The smallest absolute Gasteiger partial charge is 0.278 e. The van der Waals surface area contributed by atoms with Crippen LogP contribution in [-0.4, -0.2) is 29.2 Å². The van der Waals surface area contributed by atoms with Gasteiger partial charge >= 0.3 is 0 Å². The zero-order valence-corrected chi connectivity index (χ0v) is 19.2. The van der Waals surface area contributed by atoms with Crippen LogP contribution in [0.3, 0.4) is 0 Å². The van der Waals surface area contributed by atoms with E-state index < -0.39 is 0 Å². The molecule has 1 saturated heterocycles. The van der Waals surface area contributed by atoms with Gasteiger partial charge in [0.2, 0.25) is 5.95 Å². The summed E-state index contributed by atoms with van der Waals surface area (Å²) in [5, 5.41) is 0. The van der Waals surface area contributed by atoms with Crippen LogP contribution in [0.15, 0.2) is 59.5 Å². The predicted octanol–water partition coefficient (Wildman–Crippen LogP) is 3.71. The normalized spacial score (nSPS) is 21.2.